The second-order valence-corrected chi connectivity index (χ2v) is 6.39. The maximum absolute atomic E-state index is 12.7. The topological polar surface area (TPSA) is 70.8 Å². The van der Waals surface area contributed by atoms with Gasteiger partial charge in [0.2, 0.25) is 0 Å². The van der Waals surface area contributed by atoms with Crippen LogP contribution in [-0.2, 0) is 16.0 Å². The summed E-state index contributed by atoms with van der Waals surface area (Å²) < 4.78 is 5.48. The molecule has 1 aromatic carbocycles. The standard InChI is InChI=1S/C20H21NO4/c1-4-13-7-9-14(10-8-13)21-17(15-6-5-11-25-15)16(18(22)12(2)3)19(23)20(21)24/h5-12,17,23H,4H2,1-3H3. The Kier molecular flexibility index (Phi) is 4.49. The summed E-state index contributed by atoms with van der Waals surface area (Å²) in [4.78, 5) is 26.8. The molecule has 0 radical (unpaired) electrons. The molecule has 0 aliphatic carbocycles. The zero-order chi connectivity index (χ0) is 18.1. The van der Waals surface area contributed by atoms with Crippen molar-refractivity contribution < 1.29 is 19.1 Å². The zero-order valence-electron chi connectivity index (χ0n) is 14.5. The number of anilines is 1. The maximum atomic E-state index is 12.7. The van der Waals surface area contributed by atoms with Crippen LogP contribution in [0.25, 0.3) is 0 Å². The number of carbonyl (C=O) groups is 2. The minimum atomic E-state index is -0.759. The number of hydrogen-bond acceptors (Lipinski definition) is 4. The van der Waals surface area contributed by atoms with Crippen molar-refractivity contribution in [2.75, 3.05) is 4.90 Å². The lowest BCUT2D eigenvalue weighted by molar-refractivity contribution is -0.119. The predicted molar refractivity (Wildman–Crippen MR) is 94.3 cm³/mol. The molecule has 1 aliphatic heterocycles. The van der Waals surface area contributed by atoms with Crippen molar-refractivity contribution in [2.45, 2.75) is 33.2 Å². The summed E-state index contributed by atoms with van der Waals surface area (Å²) in [6.45, 7) is 5.53. The third-order valence-corrected chi connectivity index (χ3v) is 4.43. The average Bonchev–Trinajstić information content (AvgIpc) is 3.22. The molecule has 1 N–H and O–H groups in total. The van der Waals surface area contributed by atoms with Crippen LogP contribution in [0.3, 0.4) is 0 Å². The number of amides is 1. The number of ketones is 1. The first kappa shape index (κ1) is 17.0. The van der Waals surface area contributed by atoms with Gasteiger partial charge in [0.05, 0.1) is 11.8 Å². The number of aliphatic hydroxyl groups excluding tert-OH is 1. The first-order valence-electron chi connectivity index (χ1n) is 8.39. The molecule has 0 saturated carbocycles. The van der Waals surface area contributed by atoms with Gasteiger partial charge in [-0.2, -0.15) is 0 Å². The number of carbonyl (C=O) groups excluding carboxylic acids is 2. The van der Waals surface area contributed by atoms with Gasteiger partial charge in [0.1, 0.15) is 11.8 Å². The van der Waals surface area contributed by atoms with Crippen LogP contribution >= 0.6 is 0 Å². The van der Waals surface area contributed by atoms with Gasteiger partial charge >= 0.3 is 0 Å². The SMILES string of the molecule is CCc1ccc(N2C(=O)C(O)=C(C(=O)C(C)C)C2c2ccco2)cc1. The Bertz CT molecular complexity index is 816. The molecule has 1 aromatic heterocycles. The number of aliphatic hydroxyl groups is 1. The van der Waals surface area contributed by atoms with Crippen LogP contribution in [0.5, 0.6) is 0 Å². The van der Waals surface area contributed by atoms with E-state index < -0.39 is 17.7 Å². The van der Waals surface area contributed by atoms with Gasteiger partial charge in [-0.15, -0.1) is 0 Å². The third-order valence-electron chi connectivity index (χ3n) is 4.43. The van der Waals surface area contributed by atoms with Crippen LogP contribution in [-0.4, -0.2) is 16.8 Å². The molecule has 5 nitrogen and oxygen atoms in total. The Morgan fingerprint density at radius 2 is 1.92 bits per heavy atom. The fraction of sp³-hybridized carbons (Fsp3) is 0.300. The summed E-state index contributed by atoms with van der Waals surface area (Å²) in [5.74, 6) is -1.25. The molecule has 1 amide bonds. The second-order valence-electron chi connectivity index (χ2n) is 6.39. The number of Topliss-reactive ketones (excluding diaryl/α,β-unsaturated/α-hetero) is 1. The third kappa shape index (κ3) is 2.86. The molecule has 0 fully saturated rings. The summed E-state index contributed by atoms with van der Waals surface area (Å²) in [7, 11) is 0. The molecule has 2 heterocycles. The van der Waals surface area contributed by atoms with Gasteiger partial charge in [-0.25, -0.2) is 0 Å². The van der Waals surface area contributed by atoms with Gasteiger partial charge in [-0.3, -0.25) is 14.5 Å². The molecule has 3 rings (SSSR count). The van der Waals surface area contributed by atoms with Gasteiger partial charge in [-0.05, 0) is 36.2 Å². The van der Waals surface area contributed by atoms with E-state index in [1.807, 2.05) is 24.3 Å². The minimum Gasteiger partial charge on any atom is -0.503 e. The Morgan fingerprint density at radius 1 is 1.24 bits per heavy atom. The van der Waals surface area contributed by atoms with Crippen LogP contribution in [0, 0.1) is 5.92 Å². The lowest BCUT2D eigenvalue weighted by atomic mass is 9.94. The van der Waals surface area contributed by atoms with Gasteiger partial charge in [0.15, 0.2) is 11.5 Å². The molecular formula is C20H21NO4. The fourth-order valence-corrected chi connectivity index (χ4v) is 3.04. The van der Waals surface area contributed by atoms with E-state index in [0.717, 1.165) is 12.0 Å². The molecule has 0 spiro atoms. The molecule has 1 atom stereocenters. The van der Waals surface area contributed by atoms with Gasteiger partial charge in [-0.1, -0.05) is 32.9 Å². The average molecular weight is 339 g/mol. The first-order valence-corrected chi connectivity index (χ1v) is 8.39. The van der Waals surface area contributed by atoms with E-state index in [0.29, 0.717) is 11.4 Å². The van der Waals surface area contributed by atoms with Crippen molar-refractivity contribution in [1.82, 2.24) is 0 Å². The van der Waals surface area contributed by atoms with Crippen molar-refractivity contribution in [1.29, 1.82) is 0 Å². The highest BCUT2D eigenvalue weighted by Crippen LogP contribution is 2.41. The predicted octanol–water partition coefficient (Wildman–Crippen LogP) is 3.97. The molecule has 1 unspecified atom stereocenters. The highest BCUT2D eigenvalue weighted by molar-refractivity contribution is 6.16. The van der Waals surface area contributed by atoms with Crippen molar-refractivity contribution in [2.24, 2.45) is 5.92 Å². The number of aryl methyl sites for hydroxylation is 1. The number of rotatable bonds is 5. The summed E-state index contributed by atoms with van der Waals surface area (Å²) in [5, 5.41) is 10.4. The minimum absolute atomic E-state index is 0.0921. The summed E-state index contributed by atoms with van der Waals surface area (Å²) in [6, 6.07) is 10.2. The maximum Gasteiger partial charge on any atom is 0.294 e. The van der Waals surface area contributed by atoms with Crippen molar-refractivity contribution in [3.8, 4) is 0 Å². The monoisotopic (exact) mass is 339 g/mol. The van der Waals surface area contributed by atoms with Crippen LogP contribution in [0.1, 0.15) is 38.1 Å². The molecule has 130 valence electrons. The van der Waals surface area contributed by atoms with Crippen LogP contribution < -0.4 is 4.90 Å². The fourth-order valence-electron chi connectivity index (χ4n) is 3.04. The second kappa shape index (κ2) is 6.59. The van der Waals surface area contributed by atoms with E-state index in [1.165, 1.54) is 11.2 Å². The largest absolute Gasteiger partial charge is 0.503 e. The summed E-state index contributed by atoms with van der Waals surface area (Å²) >= 11 is 0. The molecule has 1 aliphatic rings. The van der Waals surface area contributed by atoms with Crippen molar-refractivity contribution >= 4 is 17.4 Å². The smallest absolute Gasteiger partial charge is 0.294 e. The molecule has 0 bridgehead atoms. The van der Waals surface area contributed by atoms with E-state index in [4.69, 9.17) is 4.42 Å². The van der Waals surface area contributed by atoms with Gasteiger partial charge in [0.25, 0.3) is 5.91 Å². The molecule has 5 heteroatoms. The lowest BCUT2D eigenvalue weighted by Gasteiger charge is -2.25. The first-order chi connectivity index (χ1) is 12.0. The molecule has 0 saturated heterocycles. The molecule has 25 heavy (non-hydrogen) atoms. The number of hydrogen-bond donors (Lipinski definition) is 1. The quantitative estimate of drug-likeness (QED) is 0.895. The number of benzene rings is 1. The van der Waals surface area contributed by atoms with E-state index in [2.05, 4.69) is 6.92 Å². The van der Waals surface area contributed by atoms with Crippen LogP contribution in [0.15, 0.2) is 58.4 Å². The van der Waals surface area contributed by atoms with Gasteiger partial charge < -0.3 is 9.52 Å². The molecular weight excluding hydrogens is 318 g/mol. The van der Waals surface area contributed by atoms with Crippen LogP contribution in [0.4, 0.5) is 5.69 Å². The lowest BCUT2D eigenvalue weighted by Crippen LogP contribution is -2.31. The van der Waals surface area contributed by atoms with E-state index in [9.17, 15) is 14.7 Å². The highest BCUT2D eigenvalue weighted by atomic mass is 16.3. The Hall–Kier alpha value is -2.82. The number of furan rings is 1. The van der Waals surface area contributed by atoms with Crippen LogP contribution in [0.2, 0.25) is 0 Å². The Balaban J connectivity index is 2.11. The normalized spacial score (nSPS) is 17.7. The summed E-state index contributed by atoms with van der Waals surface area (Å²) in [6.07, 6.45) is 2.38. The zero-order valence-corrected chi connectivity index (χ0v) is 14.5. The summed E-state index contributed by atoms with van der Waals surface area (Å²) in [5.41, 5.74) is 1.84. The van der Waals surface area contributed by atoms with Crippen molar-refractivity contribution in [3.63, 3.8) is 0 Å². The highest BCUT2D eigenvalue weighted by Gasteiger charge is 2.46. The van der Waals surface area contributed by atoms with Gasteiger partial charge in [0, 0.05) is 11.6 Å². The van der Waals surface area contributed by atoms with E-state index in [-0.39, 0.29) is 17.3 Å². The Labute approximate surface area is 146 Å². The Morgan fingerprint density at radius 3 is 2.44 bits per heavy atom. The van der Waals surface area contributed by atoms with E-state index >= 15 is 0 Å². The molecule has 2 aromatic rings. The number of nitrogens with zero attached hydrogens (tertiary/aromatic N) is 1. The van der Waals surface area contributed by atoms with E-state index in [1.54, 1.807) is 26.0 Å². The van der Waals surface area contributed by atoms with Crippen molar-refractivity contribution in [3.05, 3.63) is 65.3 Å².